The van der Waals surface area contributed by atoms with E-state index in [0.29, 0.717) is 26.1 Å². The normalized spacial score (nSPS) is 12.5. The number of Topliss-reactive ketones (excluding diaryl/α,β-unsaturated/α-hetero) is 1. The third-order valence-electron chi connectivity index (χ3n) is 3.45. The largest absolute Gasteiger partial charge is 0.380 e. The Morgan fingerprint density at radius 3 is 2.32 bits per heavy atom. The van der Waals surface area contributed by atoms with Crippen molar-refractivity contribution >= 4 is 11.9 Å². The molecule has 0 N–H and O–H groups in total. The van der Waals surface area contributed by atoms with E-state index >= 15 is 0 Å². The molecule has 0 fully saturated rings. The van der Waals surface area contributed by atoms with E-state index in [1.54, 1.807) is 14.2 Å². The Morgan fingerprint density at radius 1 is 1.05 bits per heavy atom. The van der Waals surface area contributed by atoms with Gasteiger partial charge in [0.15, 0.2) is 0 Å². The summed E-state index contributed by atoms with van der Waals surface area (Å²) in [5.41, 5.74) is 3.34. The molecule has 1 rings (SSSR count). The minimum Gasteiger partial charge on any atom is -0.380 e. The maximum Gasteiger partial charge on any atom is 0.132 e. The summed E-state index contributed by atoms with van der Waals surface area (Å²) in [5, 5.41) is 0. The zero-order chi connectivity index (χ0) is 16.2. The zero-order valence-corrected chi connectivity index (χ0v) is 13.8. The third kappa shape index (κ3) is 6.83. The fraction of sp³-hybridized carbons (Fsp3) is 0.421. The number of methoxy groups -OCH3 is 2. The second kappa shape index (κ2) is 10.9. The van der Waals surface area contributed by atoms with Crippen LogP contribution in [0.3, 0.4) is 0 Å². The van der Waals surface area contributed by atoms with Gasteiger partial charge in [-0.1, -0.05) is 49.4 Å². The second-order valence-corrected chi connectivity index (χ2v) is 5.13. The van der Waals surface area contributed by atoms with Crippen LogP contribution >= 0.6 is 0 Å². The Kier molecular flexibility index (Phi) is 9.12. The van der Waals surface area contributed by atoms with Gasteiger partial charge in [-0.15, -0.1) is 0 Å². The molecule has 0 aliphatic carbocycles. The van der Waals surface area contributed by atoms with Gasteiger partial charge < -0.3 is 9.47 Å². The monoisotopic (exact) mass is 302 g/mol. The van der Waals surface area contributed by atoms with Gasteiger partial charge >= 0.3 is 0 Å². The third-order valence-corrected chi connectivity index (χ3v) is 3.45. The first-order chi connectivity index (χ1) is 10.7. The first-order valence-corrected chi connectivity index (χ1v) is 7.64. The first kappa shape index (κ1) is 18.3. The lowest BCUT2D eigenvalue weighted by Gasteiger charge is -2.12. The van der Waals surface area contributed by atoms with Gasteiger partial charge in [0.05, 0.1) is 13.2 Å². The fourth-order valence-electron chi connectivity index (χ4n) is 2.15. The van der Waals surface area contributed by atoms with Crippen LogP contribution in [-0.2, 0) is 14.3 Å². The molecule has 0 saturated heterocycles. The van der Waals surface area contributed by atoms with E-state index in [4.69, 9.17) is 9.47 Å². The number of hydrogen-bond donors (Lipinski definition) is 0. The molecular formula is C19H26O3. The van der Waals surface area contributed by atoms with Gasteiger partial charge in [-0.2, -0.15) is 0 Å². The minimum atomic E-state index is 0.275. The molecule has 0 heterocycles. The molecule has 0 bridgehead atoms. The highest BCUT2D eigenvalue weighted by Gasteiger charge is 2.07. The van der Waals surface area contributed by atoms with E-state index < -0.39 is 0 Å². The molecule has 3 nitrogen and oxygen atoms in total. The van der Waals surface area contributed by atoms with Gasteiger partial charge in [0.1, 0.15) is 5.78 Å². The van der Waals surface area contributed by atoms with Crippen molar-refractivity contribution in [1.82, 2.24) is 0 Å². The zero-order valence-electron chi connectivity index (χ0n) is 13.8. The van der Waals surface area contributed by atoms with Gasteiger partial charge in [0.2, 0.25) is 0 Å². The number of rotatable bonds is 10. The maximum atomic E-state index is 11.6. The molecular weight excluding hydrogens is 276 g/mol. The first-order valence-electron chi connectivity index (χ1n) is 7.64. The van der Waals surface area contributed by atoms with E-state index in [-0.39, 0.29) is 5.78 Å². The average molecular weight is 302 g/mol. The summed E-state index contributed by atoms with van der Waals surface area (Å²) in [6.07, 6.45) is 5.98. The molecule has 0 aromatic heterocycles. The number of carbonyl (C=O) groups excluding carboxylic acids is 1. The summed E-state index contributed by atoms with van der Waals surface area (Å²) in [7, 11) is 3.35. The van der Waals surface area contributed by atoms with Crippen LogP contribution in [0.1, 0.15) is 31.7 Å². The maximum absolute atomic E-state index is 11.6. The lowest BCUT2D eigenvalue weighted by Crippen LogP contribution is -2.06. The quantitative estimate of drug-likeness (QED) is 0.612. The molecule has 1 aromatic carbocycles. The SMILES string of the molecule is CCC(=O)CC/C(COC)=C(\C=C\c1ccccc1)COC. The number of ketones is 1. The fourth-order valence-corrected chi connectivity index (χ4v) is 2.15. The number of carbonyl (C=O) groups is 1. The van der Waals surface area contributed by atoms with Gasteiger partial charge in [0, 0.05) is 27.1 Å². The van der Waals surface area contributed by atoms with Crippen LogP contribution < -0.4 is 0 Å². The Labute approximate surface area is 133 Å². The summed E-state index contributed by atoms with van der Waals surface area (Å²) in [6.45, 7) is 2.94. The molecule has 0 unspecified atom stereocenters. The van der Waals surface area contributed by atoms with Crippen molar-refractivity contribution in [2.45, 2.75) is 26.2 Å². The molecule has 0 saturated carbocycles. The Balaban J connectivity index is 2.92. The Bertz CT molecular complexity index is 501. The predicted molar refractivity (Wildman–Crippen MR) is 90.8 cm³/mol. The number of ether oxygens (including phenoxy) is 2. The van der Waals surface area contributed by atoms with Gasteiger partial charge in [-0.25, -0.2) is 0 Å². The predicted octanol–water partition coefficient (Wildman–Crippen LogP) is 4.05. The van der Waals surface area contributed by atoms with Crippen LogP contribution in [0.15, 0.2) is 47.6 Å². The smallest absolute Gasteiger partial charge is 0.132 e. The molecule has 0 atom stereocenters. The van der Waals surface area contributed by atoms with Gasteiger partial charge in [-0.3, -0.25) is 4.79 Å². The highest BCUT2D eigenvalue weighted by molar-refractivity contribution is 5.78. The van der Waals surface area contributed by atoms with E-state index in [1.165, 1.54) is 0 Å². The van der Waals surface area contributed by atoms with Crippen LogP contribution in [0.5, 0.6) is 0 Å². The van der Waals surface area contributed by atoms with Gasteiger partial charge in [0.25, 0.3) is 0 Å². The summed E-state index contributed by atoms with van der Waals surface area (Å²) in [5.74, 6) is 0.275. The minimum absolute atomic E-state index is 0.275. The molecule has 0 spiro atoms. The lowest BCUT2D eigenvalue weighted by molar-refractivity contribution is -0.118. The van der Waals surface area contributed by atoms with Crippen molar-refractivity contribution in [2.24, 2.45) is 0 Å². The van der Waals surface area contributed by atoms with Gasteiger partial charge in [-0.05, 0) is 23.1 Å². The highest BCUT2D eigenvalue weighted by Crippen LogP contribution is 2.16. The van der Waals surface area contributed by atoms with Crippen LogP contribution in [-0.4, -0.2) is 33.2 Å². The average Bonchev–Trinajstić information content (AvgIpc) is 2.56. The second-order valence-electron chi connectivity index (χ2n) is 5.13. The van der Waals surface area contributed by atoms with Crippen molar-refractivity contribution in [3.05, 3.63) is 53.1 Å². The molecule has 1 aromatic rings. The summed E-state index contributed by atoms with van der Waals surface area (Å²) in [4.78, 5) is 11.6. The van der Waals surface area contributed by atoms with E-state index in [1.807, 2.05) is 25.1 Å². The molecule has 3 heteroatoms. The molecule has 22 heavy (non-hydrogen) atoms. The number of benzene rings is 1. The molecule has 0 aliphatic heterocycles. The van der Waals surface area contributed by atoms with Crippen molar-refractivity contribution < 1.29 is 14.3 Å². The Hall–Kier alpha value is -1.71. The lowest BCUT2D eigenvalue weighted by atomic mass is 10.0. The van der Waals surface area contributed by atoms with Crippen LogP contribution in [0.4, 0.5) is 0 Å². The molecule has 0 amide bonds. The Morgan fingerprint density at radius 2 is 1.73 bits per heavy atom. The standard InChI is InChI=1S/C19H26O3/c1-4-19(20)13-12-18(15-22-3)17(14-21-2)11-10-16-8-6-5-7-9-16/h5-11H,4,12-15H2,1-3H3/b11-10+,18-17-. The molecule has 0 aliphatic rings. The van der Waals surface area contributed by atoms with Crippen LogP contribution in [0.25, 0.3) is 6.08 Å². The summed E-state index contributed by atoms with van der Waals surface area (Å²) < 4.78 is 10.6. The van der Waals surface area contributed by atoms with Crippen molar-refractivity contribution in [3.8, 4) is 0 Å². The van der Waals surface area contributed by atoms with Crippen LogP contribution in [0.2, 0.25) is 0 Å². The molecule has 0 radical (unpaired) electrons. The molecule has 120 valence electrons. The van der Waals surface area contributed by atoms with E-state index in [2.05, 4.69) is 24.3 Å². The van der Waals surface area contributed by atoms with Crippen molar-refractivity contribution in [3.63, 3.8) is 0 Å². The highest BCUT2D eigenvalue weighted by atomic mass is 16.5. The summed E-state index contributed by atoms with van der Waals surface area (Å²) in [6, 6.07) is 10.1. The van der Waals surface area contributed by atoms with Crippen LogP contribution in [0, 0.1) is 0 Å². The summed E-state index contributed by atoms with van der Waals surface area (Å²) >= 11 is 0. The number of hydrogen-bond acceptors (Lipinski definition) is 3. The topological polar surface area (TPSA) is 35.5 Å². The van der Waals surface area contributed by atoms with E-state index in [0.717, 1.165) is 23.1 Å². The van der Waals surface area contributed by atoms with E-state index in [9.17, 15) is 4.79 Å². The van der Waals surface area contributed by atoms with Crippen molar-refractivity contribution in [1.29, 1.82) is 0 Å². The van der Waals surface area contributed by atoms with Crippen molar-refractivity contribution in [2.75, 3.05) is 27.4 Å².